The van der Waals surface area contributed by atoms with Crippen LogP contribution in [0, 0.1) is 5.92 Å². The molecule has 0 radical (unpaired) electrons. The first kappa shape index (κ1) is 10.4. The fourth-order valence-corrected chi connectivity index (χ4v) is 1.70. The molecule has 0 bridgehead atoms. The molecule has 3 nitrogen and oxygen atoms in total. The van der Waals surface area contributed by atoms with Crippen molar-refractivity contribution in [2.45, 2.75) is 12.8 Å². The second kappa shape index (κ2) is 4.19. The zero-order valence-corrected chi connectivity index (χ0v) is 9.37. The molecule has 1 aromatic heterocycles. The zero-order chi connectivity index (χ0) is 10.8. The minimum Gasteiger partial charge on any atom is -0.341 e. The van der Waals surface area contributed by atoms with E-state index in [0.717, 1.165) is 6.54 Å². The normalized spacial score (nSPS) is 15.1. The Morgan fingerprint density at radius 2 is 2.40 bits per heavy atom. The smallest absolute Gasteiger partial charge is 0.253 e. The molecule has 0 saturated heterocycles. The van der Waals surface area contributed by atoms with Crippen LogP contribution in [0.4, 0.5) is 0 Å². The number of carbonyl (C=O) groups excluding carboxylic acids is 1. The molecule has 1 saturated carbocycles. The van der Waals surface area contributed by atoms with E-state index in [1.165, 1.54) is 12.8 Å². The van der Waals surface area contributed by atoms with Crippen molar-refractivity contribution in [3.63, 3.8) is 0 Å². The molecule has 0 atom stereocenters. The number of hydrogen-bond acceptors (Lipinski definition) is 2. The summed E-state index contributed by atoms with van der Waals surface area (Å²) in [6.07, 6.45) is 4.05. The van der Waals surface area contributed by atoms with E-state index in [-0.39, 0.29) is 5.91 Å². The lowest BCUT2D eigenvalue weighted by Crippen LogP contribution is -2.28. The van der Waals surface area contributed by atoms with Gasteiger partial charge in [-0.15, -0.1) is 0 Å². The molecule has 1 fully saturated rings. The Morgan fingerprint density at radius 1 is 1.67 bits per heavy atom. The highest BCUT2D eigenvalue weighted by atomic mass is 35.5. The maximum absolute atomic E-state index is 11.9. The van der Waals surface area contributed by atoms with Gasteiger partial charge in [0.15, 0.2) is 0 Å². The van der Waals surface area contributed by atoms with Crippen LogP contribution in [-0.4, -0.2) is 29.4 Å². The maximum atomic E-state index is 11.9. The van der Waals surface area contributed by atoms with Crippen molar-refractivity contribution < 1.29 is 4.79 Å². The first-order chi connectivity index (χ1) is 7.16. The van der Waals surface area contributed by atoms with Crippen molar-refractivity contribution >= 4 is 17.5 Å². The van der Waals surface area contributed by atoms with Gasteiger partial charge in [-0.2, -0.15) is 0 Å². The van der Waals surface area contributed by atoms with Crippen molar-refractivity contribution in [3.05, 3.63) is 29.0 Å². The molecule has 2 rings (SSSR count). The lowest BCUT2D eigenvalue weighted by Gasteiger charge is -2.16. The predicted molar refractivity (Wildman–Crippen MR) is 58.9 cm³/mol. The number of pyridine rings is 1. The van der Waals surface area contributed by atoms with Crippen molar-refractivity contribution in [1.29, 1.82) is 0 Å². The number of carbonyl (C=O) groups is 1. The summed E-state index contributed by atoms with van der Waals surface area (Å²) in [6.45, 7) is 0.846. The van der Waals surface area contributed by atoms with Gasteiger partial charge in [-0.05, 0) is 30.9 Å². The summed E-state index contributed by atoms with van der Waals surface area (Å²) in [5.74, 6) is 0.724. The monoisotopic (exact) mass is 224 g/mol. The molecule has 80 valence electrons. The van der Waals surface area contributed by atoms with Crippen LogP contribution in [0.5, 0.6) is 0 Å². The maximum Gasteiger partial charge on any atom is 0.253 e. The molecule has 15 heavy (non-hydrogen) atoms. The number of amides is 1. The third kappa shape index (κ3) is 2.69. The molecule has 0 spiro atoms. The minimum atomic E-state index is 0.0196. The van der Waals surface area contributed by atoms with Gasteiger partial charge >= 0.3 is 0 Å². The average molecular weight is 225 g/mol. The molecule has 0 N–H and O–H groups in total. The summed E-state index contributed by atoms with van der Waals surface area (Å²) in [7, 11) is 1.83. The van der Waals surface area contributed by atoms with Gasteiger partial charge in [0.05, 0.1) is 0 Å². The molecule has 1 aliphatic rings. The molecular weight excluding hydrogens is 212 g/mol. The molecule has 1 amide bonds. The summed E-state index contributed by atoms with van der Waals surface area (Å²) in [5, 5.41) is 0.362. The van der Waals surface area contributed by atoms with Gasteiger partial charge in [-0.1, -0.05) is 11.6 Å². The minimum absolute atomic E-state index is 0.0196. The predicted octanol–water partition coefficient (Wildman–Crippen LogP) is 2.22. The van der Waals surface area contributed by atoms with Gasteiger partial charge < -0.3 is 4.90 Å². The van der Waals surface area contributed by atoms with E-state index in [9.17, 15) is 4.79 Å². The van der Waals surface area contributed by atoms with Crippen molar-refractivity contribution in [1.82, 2.24) is 9.88 Å². The van der Waals surface area contributed by atoms with Crippen molar-refractivity contribution in [2.24, 2.45) is 5.92 Å². The summed E-state index contributed by atoms with van der Waals surface area (Å²) >= 11 is 5.73. The highest BCUT2D eigenvalue weighted by molar-refractivity contribution is 6.29. The van der Waals surface area contributed by atoms with E-state index in [2.05, 4.69) is 4.98 Å². The third-order valence-corrected chi connectivity index (χ3v) is 2.76. The van der Waals surface area contributed by atoms with Crippen LogP contribution >= 0.6 is 11.6 Å². The lowest BCUT2D eigenvalue weighted by molar-refractivity contribution is 0.0788. The number of rotatable bonds is 3. The fraction of sp³-hybridized carbons (Fsp3) is 0.455. The Balaban J connectivity index is 2.05. The fourth-order valence-electron chi connectivity index (χ4n) is 1.53. The van der Waals surface area contributed by atoms with Crippen LogP contribution in [0.25, 0.3) is 0 Å². The highest BCUT2D eigenvalue weighted by Gasteiger charge is 2.25. The molecule has 0 aliphatic heterocycles. The van der Waals surface area contributed by atoms with Crippen LogP contribution in [0.2, 0.25) is 5.15 Å². The standard InChI is InChI=1S/C11H13ClN2O/c1-14(7-8-2-3-8)11(15)9-4-5-13-10(12)6-9/h4-6,8H,2-3,7H2,1H3. The van der Waals surface area contributed by atoms with Crippen molar-refractivity contribution in [3.8, 4) is 0 Å². The van der Waals surface area contributed by atoms with Gasteiger partial charge in [0.25, 0.3) is 5.91 Å². The number of nitrogens with zero attached hydrogens (tertiary/aromatic N) is 2. The van der Waals surface area contributed by atoms with Gasteiger partial charge in [0, 0.05) is 25.4 Å². The molecule has 0 unspecified atom stereocenters. The quantitative estimate of drug-likeness (QED) is 0.738. The Hall–Kier alpha value is -1.09. The number of halogens is 1. The third-order valence-electron chi connectivity index (χ3n) is 2.55. The van der Waals surface area contributed by atoms with E-state index in [4.69, 9.17) is 11.6 Å². The van der Waals surface area contributed by atoms with Crippen LogP contribution in [0.1, 0.15) is 23.2 Å². The van der Waals surface area contributed by atoms with Crippen molar-refractivity contribution in [2.75, 3.05) is 13.6 Å². The summed E-state index contributed by atoms with van der Waals surface area (Å²) in [5.41, 5.74) is 0.609. The Kier molecular flexibility index (Phi) is 2.91. The second-order valence-corrected chi connectivity index (χ2v) is 4.38. The van der Waals surface area contributed by atoms with Gasteiger partial charge in [-0.3, -0.25) is 4.79 Å². The van der Waals surface area contributed by atoms with E-state index in [0.29, 0.717) is 16.6 Å². The second-order valence-electron chi connectivity index (χ2n) is 4.00. The number of hydrogen-bond donors (Lipinski definition) is 0. The van der Waals surface area contributed by atoms with E-state index < -0.39 is 0 Å². The molecule has 1 aliphatic carbocycles. The van der Waals surface area contributed by atoms with E-state index >= 15 is 0 Å². The first-order valence-electron chi connectivity index (χ1n) is 5.04. The average Bonchev–Trinajstić information content (AvgIpc) is 3.00. The summed E-state index contributed by atoms with van der Waals surface area (Å²) in [6, 6.07) is 3.30. The van der Waals surface area contributed by atoms with Gasteiger partial charge in [-0.25, -0.2) is 4.98 Å². The van der Waals surface area contributed by atoms with E-state index in [1.54, 1.807) is 23.2 Å². The van der Waals surface area contributed by atoms with Crippen LogP contribution in [-0.2, 0) is 0 Å². The Bertz CT molecular complexity index is 377. The highest BCUT2D eigenvalue weighted by Crippen LogP contribution is 2.29. The molecule has 1 heterocycles. The molecule has 4 heteroatoms. The largest absolute Gasteiger partial charge is 0.341 e. The van der Waals surface area contributed by atoms with Gasteiger partial charge in [0.1, 0.15) is 5.15 Å². The van der Waals surface area contributed by atoms with Gasteiger partial charge in [0.2, 0.25) is 0 Å². The SMILES string of the molecule is CN(CC1CC1)C(=O)c1ccnc(Cl)c1. The molecule has 0 aromatic carbocycles. The topological polar surface area (TPSA) is 33.2 Å². The molecular formula is C11H13ClN2O. The zero-order valence-electron chi connectivity index (χ0n) is 8.61. The molecule has 1 aromatic rings. The lowest BCUT2D eigenvalue weighted by atomic mass is 10.2. The summed E-state index contributed by atoms with van der Waals surface area (Å²) in [4.78, 5) is 17.5. The van der Waals surface area contributed by atoms with E-state index in [1.807, 2.05) is 7.05 Å². The first-order valence-corrected chi connectivity index (χ1v) is 5.41. The van der Waals surface area contributed by atoms with Crippen LogP contribution < -0.4 is 0 Å². The summed E-state index contributed by atoms with van der Waals surface area (Å²) < 4.78 is 0. The Morgan fingerprint density at radius 3 is 3.00 bits per heavy atom. The van der Waals surface area contributed by atoms with Crippen LogP contribution in [0.15, 0.2) is 18.3 Å². The Labute approximate surface area is 94.1 Å². The van der Waals surface area contributed by atoms with Crippen LogP contribution in [0.3, 0.4) is 0 Å². The number of aromatic nitrogens is 1.